The maximum atomic E-state index is 11.6. The van der Waals surface area contributed by atoms with Gasteiger partial charge in [-0.2, -0.15) is 0 Å². The Balaban J connectivity index is 3.99. The summed E-state index contributed by atoms with van der Waals surface area (Å²) >= 11 is 0. The zero-order valence-corrected chi connectivity index (χ0v) is 20.7. The topological polar surface area (TPSA) is 233 Å². The first-order chi connectivity index (χ1) is 17.4. The van der Waals surface area contributed by atoms with E-state index in [1.807, 2.05) is 6.92 Å². The van der Waals surface area contributed by atoms with Gasteiger partial charge in [-0.1, -0.05) is 23.6 Å². The van der Waals surface area contributed by atoms with Crippen LogP contribution in [0.25, 0.3) is 20.9 Å². The average Bonchev–Trinajstić information content (AvgIpc) is 2.87. The number of nitrogens with zero attached hydrogens (tertiary/aromatic N) is 6. The number of carbonyl (C=O) groups is 2. The van der Waals surface area contributed by atoms with E-state index in [0.717, 1.165) is 0 Å². The van der Waals surface area contributed by atoms with Crippen LogP contribution >= 0.6 is 0 Å². The molecule has 0 aliphatic carbocycles. The van der Waals surface area contributed by atoms with Gasteiger partial charge in [-0.05, 0) is 43.2 Å². The van der Waals surface area contributed by atoms with Crippen LogP contribution in [-0.2, 0) is 18.9 Å². The average molecular weight is 519 g/mol. The number of alkyl carbamates (subject to hydrolysis) is 2. The second-order valence-corrected chi connectivity index (χ2v) is 7.57. The van der Waals surface area contributed by atoms with Crippen LogP contribution in [0.5, 0.6) is 0 Å². The van der Waals surface area contributed by atoms with E-state index in [-0.39, 0.29) is 26.4 Å². The highest BCUT2D eigenvalue weighted by atomic mass is 16.7. The van der Waals surface area contributed by atoms with Crippen molar-refractivity contribution in [2.24, 2.45) is 10.2 Å². The maximum Gasteiger partial charge on any atom is 0.407 e. The van der Waals surface area contributed by atoms with E-state index in [0.29, 0.717) is 64.7 Å². The summed E-state index contributed by atoms with van der Waals surface area (Å²) in [6.07, 6.45) is -0.506. The first kappa shape index (κ1) is 33.0. The molecule has 0 fully saturated rings. The Labute approximate surface area is 209 Å². The largest absolute Gasteiger partial charge is 0.447 e. The molecule has 4 N–H and O–H groups in total. The van der Waals surface area contributed by atoms with Crippen LogP contribution in [0.15, 0.2) is 10.2 Å². The van der Waals surface area contributed by atoms with Crippen LogP contribution < -0.4 is 10.6 Å². The van der Waals surface area contributed by atoms with Crippen molar-refractivity contribution in [3.63, 3.8) is 0 Å². The standard InChI is InChI=1S/C20H38N8O8/c1-2-7-18(33-12-16(29)14-35-19(31)23-8-3-5-10-25-27-21)34-13-17(30)15-36-20(32)24-9-4-6-11-26-28-22/h16-18,29-30H,2-15H2,1H3,(H,23,31)(H,24,32). The van der Waals surface area contributed by atoms with Crippen molar-refractivity contribution in [2.45, 2.75) is 63.9 Å². The normalized spacial score (nSPS) is 12.9. The number of carbonyl (C=O) groups excluding carboxylic acids is 2. The van der Waals surface area contributed by atoms with Gasteiger partial charge in [-0.15, -0.1) is 0 Å². The molecule has 0 aromatic rings. The van der Waals surface area contributed by atoms with Gasteiger partial charge in [0.2, 0.25) is 0 Å². The lowest BCUT2D eigenvalue weighted by atomic mass is 10.3. The number of ether oxygens (including phenoxy) is 4. The molecule has 0 heterocycles. The van der Waals surface area contributed by atoms with Gasteiger partial charge >= 0.3 is 12.2 Å². The minimum Gasteiger partial charge on any atom is -0.447 e. The van der Waals surface area contributed by atoms with Crippen molar-refractivity contribution in [3.8, 4) is 0 Å². The lowest BCUT2D eigenvalue weighted by Crippen LogP contribution is -2.34. The number of unbranched alkanes of at least 4 members (excludes halogenated alkanes) is 2. The number of amides is 2. The fraction of sp³-hybridized carbons (Fsp3) is 0.900. The van der Waals surface area contributed by atoms with Crippen molar-refractivity contribution in [3.05, 3.63) is 20.9 Å². The second-order valence-electron chi connectivity index (χ2n) is 7.57. The first-order valence-corrected chi connectivity index (χ1v) is 11.8. The van der Waals surface area contributed by atoms with E-state index < -0.39 is 30.7 Å². The summed E-state index contributed by atoms with van der Waals surface area (Å²) in [5, 5.41) is 31.8. The third-order valence-corrected chi connectivity index (χ3v) is 4.32. The number of azide groups is 2. The maximum absolute atomic E-state index is 11.6. The second kappa shape index (κ2) is 23.7. The van der Waals surface area contributed by atoms with Gasteiger partial charge in [0.25, 0.3) is 0 Å². The Bertz CT molecular complexity index is 635. The van der Waals surface area contributed by atoms with Gasteiger partial charge in [0, 0.05) is 36.0 Å². The van der Waals surface area contributed by atoms with Gasteiger partial charge in [0.1, 0.15) is 25.4 Å². The molecule has 0 aromatic heterocycles. The fourth-order valence-electron chi connectivity index (χ4n) is 2.51. The van der Waals surface area contributed by atoms with E-state index in [1.165, 1.54) is 0 Å². The minimum atomic E-state index is -1.08. The van der Waals surface area contributed by atoms with Gasteiger partial charge < -0.3 is 39.8 Å². The van der Waals surface area contributed by atoms with Crippen LogP contribution in [0.2, 0.25) is 0 Å². The van der Waals surface area contributed by atoms with Crippen molar-refractivity contribution in [2.75, 3.05) is 52.6 Å². The van der Waals surface area contributed by atoms with Gasteiger partial charge in [0.15, 0.2) is 6.29 Å². The number of rotatable bonds is 22. The summed E-state index contributed by atoms with van der Waals surface area (Å²) in [4.78, 5) is 28.5. The third kappa shape index (κ3) is 21.5. The van der Waals surface area contributed by atoms with Gasteiger partial charge in [-0.25, -0.2) is 9.59 Å². The highest BCUT2D eigenvalue weighted by Gasteiger charge is 2.16. The van der Waals surface area contributed by atoms with E-state index in [4.69, 9.17) is 30.0 Å². The first-order valence-electron chi connectivity index (χ1n) is 11.8. The van der Waals surface area contributed by atoms with E-state index in [1.54, 1.807) is 0 Å². The smallest absolute Gasteiger partial charge is 0.407 e. The summed E-state index contributed by atoms with van der Waals surface area (Å²) in [5.41, 5.74) is 16.3. The van der Waals surface area contributed by atoms with E-state index in [9.17, 15) is 19.8 Å². The Morgan fingerprint density at radius 3 is 1.64 bits per heavy atom. The summed E-state index contributed by atoms with van der Waals surface area (Å²) in [5.74, 6) is 0. The zero-order valence-electron chi connectivity index (χ0n) is 20.7. The lowest BCUT2D eigenvalue weighted by molar-refractivity contribution is -0.177. The van der Waals surface area contributed by atoms with Crippen molar-refractivity contribution in [1.29, 1.82) is 0 Å². The molecule has 2 amide bonds. The fourth-order valence-corrected chi connectivity index (χ4v) is 2.51. The third-order valence-electron chi connectivity index (χ3n) is 4.32. The van der Waals surface area contributed by atoms with Crippen LogP contribution in [-0.4, -0.2) is 93.5 Å². The highest BCUT2D eigenvalue weighted by Crippen LogP contribution is 2.07. The number of hydrogen-bond donors (Lipinski definition) is 4. The molecular weight excluding hydrogens is 480 g/mol. The highest BCUT2D eigenvalue weighted by molar-refractivity contribution is 5.67. The van der Waals surface area contributed by atoms with Gasteiger partial charge in [-0.3, -0.25) is 0 Å². The summed E-state index contributed by atoms with van der Waals surface area (Å²) in [6.45, 7) is 2.46. The quantitative estimate of drug-likeness (QED) is 0.0545. The number of aliphatic hydroxyl groups excluding tert-OH is 2. The molecule has 16 nitrogen and oxygen atoms in total. The lowest BCUT2D eigenvalue weighted by Gasteiger charge is -2.21. The molecule has 16 heteroatoms. The molecule has 0 saturated heterocycles. The molecule has 0 radical (unpaired) electrons. The molecule has 206 valence electrons. The monoisotopic (exact) mass is 518 g/mol. The number of hydrogen-bond acceptors (Lipinski definition) is 10. The SMILES string of the molecule is CCCC(OCC(O)COC(=O)NCCCCN=[N+]=[N-])OCC(O)COC(=O)NCCCCN=[N+]=[N-]. The summed E-state index contributed by atoms with van der Waals surface area (Å²) in [7, 11) is 0. The van der Waals surface area contributed by atoms with Crippen LogP contribution in [0.4, 0.5) is 9.59 Å². The molecule has 2 unspecified atom stereocenters. The van der Waals surface area contributed by atoms with Crippen molar-refractivity contribution >= 4 is 12.2 Å². The molecule has 0 spiro atoms. The predicted octanol–water partition coefficient (Wildman–Crippen LogP) is 2.50. The van der Waals surface area contributed by atoms with E-state index >= 15 is 0 Å². The molecule has 36 heavy (non-hydrogen) atoms. The molecular formula is C20H38N8O8. The Morgan fingerprint density at radius 1 is 0.806 bits per heavy atom. The van der Waals surface area contributed by atoms with E-state index in [2.05, 4.69) is 30.7 Å². The minimum absolute atomic E-state index is 0.154. The molecule has 2 atom stereocenters. The van der Waals surface area contributed by atoms with Crippen LogP contribution in [0, 0.1) is 0 Å². The Kier molecular flexibility index (Phi) is 21.8. The molecule has 0 rings (SSSR count). The number of aliphatic hydroxyl groups is 2. The van der Waals surface area contributed by atoms with Crippen molar-refractivity contribution < 1.29 is 38.7 Å². The summed E-state index contributed by atoms with van der Waals surface area (Å²) < 4.78 is 20.8. The molecule has 0 aliphatic heterocycles. The van der Waals surface area contributed by atoms with Gasteiger partial charge in [0.05, 0.1) is 13.2 Å². The molecule has 0 saturated carbocycles. The predicted molar refractivity (Wildman–Crippen MR) is 128 cm³/mol. The zero-order chi connectivity index (χ0) is 26.9. The Morgan fingerprint density at radius 2 is 1.25 bits per heavy atom. The number of nitrogens with one attached hydrogen (secondary N) is 2. The van der Waals surface area contributed by atoms with Crippen LogP contribution in [0.3, 0.4) is 0 Å². The molecule has 0 aromatic carbocycles. The molecule has 0 aliphatic rings. The van der Waals surface area contributed by atoms with Crippen molar-refractivity contribution in [1.82, 2.24) is 10.6 Å². The molecule has 0 bridgehead atoms. The summed E-state index contributed by atoms with van der Waals surface area (Å²) in [6, 6.07) is 0. The van der Waals surface area contributed by atoms with Crippen LogP contribution in [0.1, 0.15) is 45.4 Å². The Hall–Kier alpha value is -3.00.